The van der Waals surface area contributed by atoms with Gasteiger partial charge in [-0.15, -0.1) is 0 Å². The Morgan fingerprint density at radius 3 is 2.39 bits per heavy atom. The number of fused-ring (bicyclic) bond motifs is 1. The molecule has 2 aromatic rings. The lowest BCUT2D eigenvalue weighted by Gasteiger charge is -2.37. The van der Waals surface area contributed by atoms with E-state index in [1.165, 1.54) is 0 Å². The standard InChI is InChI=1S/C21H21N3O4/c1-28-18-9-5-4-8-16(18)17-12-22-10-11-23(17)19(25)13-24-20(26)14-6-2-3-7-15(14)21(24)27/h2-9,17,22H,10-13H2,1H3. The number of nitrogens with zero attached hydrogens (tertiary/aromatic N) is 2. The molecule has 28 heavy (non-hydrogen) atoms. The van der Waals surface area contributed by atoms with E-state index in [-0.39, 0.29) is 18.5 Å². The molecule has 1 fully saturated rings. The highest BCUT2D eigenvalue weighted by Crippen LogP contribution is 2.31. The molecule has 144 valence electrons. The maximum atomic E-state index is 13.1. The van der Waals surface area contributed by atoms with Crippen LogP contribution in [0.15, 0.2) is 48.5 Å². The first kappa shape index (κ1) is 18.2. The van der Waals surface area contributed by atoms with Crippen molar-refractivity contribution >= 4 is 17.7 Å². The zero-order valence-corrected chi connectivity index (χ0v) is 15.6. The molecular weight excluding hydrogens is 358 g/mol. The molecule has 7 heteroatoms. The maximum Gasteiger partial charge on any atom is 0.262 e. The van der Waals surface area contributed by atoms with Crippen molar-refractivity contribution in [1.82, 2.24) is 15.1 Å². The van der Waals surface area contributed by atoms with Gasteiger partial charge >= 0.3 is 0 Å². The maximum absolute atomic E-state index is 13.1. The highest BCUT2D eigenvalue weighted by Gasteiger charge is 2.38. The van der Waals surface area contributed by atoms with Crippen LogP contribution < -0.4 is 10.1 Å². The number of rotatable bonds is 4. The summed E-state index contributed by atoms with van der Waals surface area (Å²) in [6.45, 7) is 1.45. The summed E-state index contributed by atoms with van der Waals surface area (Å²) in [5.74, 6) is -0.391. The van der Waals surface area contributed by atoms with Gasteiger partial charge in [-0.05, 0) is 18.2 Å². The molecule has 0 spiro atoms. The van der Waals surface area contributed by atoms with E-state index in [0.29, 0.717) is 36.5 Å². The van der Waals surface area contributed by atoms with Gasteiger partial charge in [0.25, 0.3) is 11.8 Å². The molecule has 1 N–H and O–H groups in total. The third-order valence-electron chi connectivity index (χ3n) is 5.23. The van der Waals surface area contributed by atoms with E-state index in [2.05, 4.69) is 5.32 Å². The molecule has 2 heterocycles. The number of piperazine rings is 1. The van der Waals surface area contributed by atoms with Gasteiger partial charge in [-0.25, -0.2) is 0 Å². The Labute approximate surface area is 162 Å². The highest BCUT2D eigenvalue weighted by atomic mass is 16.5. The van der Waals surface area contributed by atoms with Crippen LogP contribution in [0.4, 0.5) is 0 Å². The Morgan fingerprint density at radius 1 is 1.07 bits per heavy atom. The van der Waals surface area contributed by atoms with Crippen LogP contribution in [0.3, 0.4) is 0 Å². The number of carbonyl (C=O) groups is 3. The van der Waals surface area contributed by atoms with Crippen LogP contribution in [0, 0.1) is 0 Å². The van der Waals surface area contributed by atoms with E-state index in [9.17, 15) is 14.4 Å². The molecule has 0 aliphatic carbocycles. The number of nitrogens with one attached hydrogen (secondary N) is 1. The van der Waals surface area contributed by atoms with Gasteiger partial charge in [-0.1, -0.05) is 30.3 Å². The number of hydrogen-bond acceptors (Lipinski definition) is 5. The second-order valence-corrected chi connectivity index (χ2v) is 6.79. The minimum Gasteiger partial charge on any atom is -0.496 e. The summed E-state index contributed by atoms with van der Waals surface area (Å²) in [6, 6.07) is 14.0. The molecule has 4 rings (SSSR count). The van der Waals surface area contributed by atoms with Crippen LogP contribution in [0.25, 0.3) is 0 Å². The number of benzene rings is 2. The number of hydrogen-bond donors (Lipinski definition) is 1. The van der Waals surface area contributed by atoms with Crippen LogP contribution in [0.5, 0.6) is 5.75 Å². The number of methoxy groups -OCH3 is 1. The van der Waals surface area contributed by atoms with E-state index in [1.54, 1.807) is 36.3 Å². The SMILES string of the molecule is COc1ccccc1C1CNCCN1C(=O)CN1C(=O)c2ccccc2C1=O. The molecule has 1 atom stereocenters. The average Bonchev–Trinajstić information content (AvgIpc) is 2.98. The molecule has 1 saturated heterocycles. The molecule has 0 aromatic heterocycles. The van der Waals surface area contributed by atoms with Crippen LogP contribution >= 0.6 is 0 Å². The monoisotopic (exact) mass is 379 g/mol. The second-order valence-electron chi connectivity index (χ2n) is 6.79. The largest absolute Gasteiger partial charge is 0.496 e. The summed E-state index contributed by atoms with van der Waals surface area (Å²) >= 11 is 0. The first-order chi connectivity index (χ1) is 13.6. The molecule has 2 aliphatic heterocycles. The van der Waals surface area contributed by atoms with Crippen LogP contribution in [0.1, 0.15) is 32.3 Å². The predicted molar refractivity (Wildman–Crippen MR) is 102 cm³/mol. The molecule has 1 unspecified atom stereocenters. The fourth-order valence-corrected chi connectivity index (χ4v) is 3.83. The molecule has 3 amide bonds. The van der Waals surface area contributed by atoms with E-state index in [0.717, 1.165) is 10.5 Å². The minimum atomic E-state index is -0.419. The first-order valence-corrected chi connectivity index (χ1v) is 9.20. The van der Waals surface area contributed by atoms with Gasteiger partial charge in [-0.3, -0.25) is 19.3 Å². The van der Waals surface area contributed by atoms with Crippen molar-refractivity contribution in [3.05, 3.63) is 65.2 Å². The molecule has 0 saturated carbocycles. The number of carbonyl (C=O) groups excluding carboxylic acids is 3. The molecule has 2 aromatic carbocycles. The van der Waals surface area contributed by atoms with Crippen molar-refractivity contribution in [2.75, 3.05) is 33.3 Å². The van der Waals surface area contributed by atoms with Crippen molar-refractivity contribution in [1.29, 1.82) is 0 Å². The van der Waals surface area contributed by atoms with Gasteiger partial charge in [-0.2, -0.15) is 0 Å². The van der Waals surface area contributed by atoms with Gasteiger partial charge in [0.1, 0.15) is 12.3 Å². The molecular formula is C21H21N3O4. The average molecular weight is 379 g/mol. The third-order valence-corrected chi connectivity index (χ3v) is 5.23. The summed E-state index contributed by atoms with van der Waals surface area (Å²) in [4.78, 5) is 41.0. The summed E-state index contributed by atoms with van der Waals surface area (Å²) in [5.41, 5.74) is 1.59. The Kier molecular flexibility index (Phi) is 4.83. The second kappa shape index (κ2) is 7.44. The lowest BCUT2D eigenvalue weighted by molar-refractivity contribution is -0.134. The Morgan fingerprint density at radius 2 is 1.71 bits per heavy atom. The van der Waals surface area contributed by atoms with Gasteiger partial charge in [0.2, 0.25) is 5.91 Å². The van der Waals surface area contributed by atoms with Crippen molar-refractivity contribution in [2.24, 2.45) is 0 Å². The highest BCUT2D eigenvalue weighted by molar-refractivity contribution is 6.22. The van der Waals surface area contributed by atoms with Crippen molar-refractivity contribution in [2.45, 2.75) is 6.04 Å². The fourth-order valence-electron chi connectivity index (χ4n) is 3.83. The normalized spacial score (nSPS) is 19.0. The quantitative estimate of drug-likeness (QED) is 0.814. The minimum absolute atomic E-state index is 0.229. The topological polar surface area (TPSA) is 79.0 Å². The van der Waals surface area contributed by atoms with Gasteiger partial charge in [0, 0.05) is 25.2 Å². The predicted octanol–water partition coefficient (Wildman–Crippen LogP) is 1.46. The van der Waals surface area contributed by atoms with Crippen LogP contribution in [-0.2, 0) is 4.79 Å². The number of imide groups is 1. The molecule has 7 nitrogen and oxygen atoms in total. The molecule has 0 bridgehead atoms. The van der Waals surface area contributed by atoms with E-state index < -0.39 is 11.8 Å². The first-order valence-electron chi connectivity index (χ1n) is 9.20. The Hall–Kier alpha value is -3.19. The van der Waals surface area contributed by atoms with Gasteiger partial charge < -0.3 is 15.0 Å². The van der Waals surface area contributed by atoms with Crippen LogP contribution in [-0.4, -0.2) is 60.8 Å². The summed E-state index contributed by atoms with van der Waals surface area (Å²) < 4.78 is 5.45. The Bertz CT molecular complexity index is 908. The van der Waals surface area contributed by atoms with E-state index in [1.807, 2.05) is 24.3 Å². The van der Waals surface area contributed by atoms with Gasteiger partial charge in [0.15, 0.2) is 0 Å². The lowest BCUT2D eigenvalue weighted by Crippen LogP contribution is -2.52. The fraction of sp³-hybridized carbons (Fsp3) is 0.286. The lowest BCUT2D eigenvalue weighted by atomic mass is 10.0. The summed E-state index contributed by atoms with van der Waals surface area (Å²) in [6.07, 6.45) is 0. The molecule has 2 aliphatic rings. The van der Waals surface area contributed by atoms with Crippen molar-refractivity contribution in [3.63, 3.8) is 0 Å². The number of amides is 3. The van der Waals surface area contributed by atoms with E-state index >= 15 is 0 Å². The smallest absolute Gasteiger partial charge is 0.262 e. The van der Waals surface area contributed by atoms with Crippen molar-refractivity contribution < 1.29 is 19.1 Å². The van der Waals surface area contributed by atoms with Crippen LogP contribution in [0.2, 0.25) is 0 Å². The summed E-state index contributed by atoms with van der Waals surface area (Å²) in [7, 11) is 1.60. The Balaban J connectivity index is 1.57. The zero-order chi connectivity index (χ0) is 19.7. The third kappa shape index (κ3) is 3.03. The van der Waals surface area contributed by atoms with Gasteiger partial charge in [0.05, 0.1) is 24.3 Å². The number of ether oxygens (including phenoxy) is 1. The summed E-state index contributed by atoms with van der Waals surface area (Å²) in [5, 5.41) is 3.30. The molecule has 0 radical (unpaired) electrons. The number of para-hydroxylation sites is 1. The van der Waals surface area contributed by atoms with Crippen molar-refractivity contribution in [3.8, 4) is 5.75 Å². The van der Waals surface area contributed by atoms with E-state index in [4.69, 9.17) is 4.74 Å². The zero-order valence-electron chi connectivity index (χ0n) is 15.6.